The Balaban J connectivity index is 0.000000261. The highest BCUT2D eigenvalue weighted by molar-refractivity contribution is 5.94. The van der Waals surface area contributed by atoms with Crippen LogP contribution in [0.15, 0.2) is 275 Å². The summed E-state index contributed by atoms with van der Waals surface area (Å²) in [5.74, 6) is 1.34. The maximum Gasteiger partial charge on any atom is 0.343 e. The maximum absolute atomic E-state index is 12.9. The van der Waals surface area contributed by atoms with E-state index in [1.807, 2.05) is 122 Å². The van der Waals surface area contributed by atoms with E-state index in [0.717, 1.165) is 82.2 Å². The molecule has 10 aromatic carbocycles. The summed E-state index contributed by atoms with van der Waals surface area (Å²) in [6.45, 7) is 9.99. The van der Waals surface area contributed by atoms with E-state index in [-0.39, 0.29) is 23.0 Å². The number of unbranched alkanes of at least 4 members (excludes halogenated alkanes) is 20. The van der Waals surface area contributed by atoms with Gasteiger partial charge >= 0.3 is 11.9 Å². The summed E-state index contributed by atoms with van der Waals surface area (Å²) >= 11 is 0. The highest BCUT2D eigenvalue weighted by Crippen LogP contribution is 2.26. The third-order valence-electron chi connectivity index (χ3n) is 19.4. The lowest BCUT2D eigenvalue weighted by Crippen LogP contribution is -2.10. The molecule has 2 N–H and O–H groups in total. The Morgan fingerprint density at radius 2 is 0.535 bits per heavy atom. The molecular formula is C102H120N4O8. The SMILES string of the molecule is CCCCCCCCc1ccc(N=Cc2ccc(C(=O)Oc3cccc(OC(=O)c4ccc(C=Nc5ccc(CCCCCCCC)cc5)cc4)c3)cc2)cc1.CCCCCCCCc1ccc(N=Cc2ccc(OC/C=C\COc3ccc(C=Nc4ccc(CCCCCCCC)cc4)cc3)cc2)cc1.Oc1cccc(O)c1. The van der Waals surface area contributed by atoms with Crippen LogP contribution in [0, 0.1) is 0 Å². The van der Waals surface area contributed by atoms with Crippen LogP contribution >= 0.6 is 0 Å². The number of hydrogen-bond donors (Lipinski definition) is 2. The maximum atomic E-state index is 12.9. The third kappa shape index (κ3) is 36.5. The molecule has 0 fully saturated rings. The number of aliphatic imine (C=N–C) groups is 4. The van der Waals surface area contributed by atoms with Gasteiger partial charge < -0.3 is 29.2 Å². The zero-order valence-electron chi connectivity index (χ0n) is 67.9. The fourth-order valence-corrected chi connectivity index (χ4v) is 12.6. The van der Waals surface area contributed by atoms with Crippen LogP contribution < -0.4 is 18.9 Å². The number of esters is 2. The van der Waals surface area contributed by atoms with E-state index in [9.17, 15) is 9.59 Å². The lowest BCUT2D eigenvalue weighted by Gasteiger charge is -2.08. The molecule has 0 bridgehead atoms. The molecule has 0 saturated carbocycles. The molecule has 114 heavy (non-hydrogen) atoms. The molecule has 0 aliphatic rings. The van der Waals surface area contributed by atoms with Gasteiger partial charge in [0.05, 0.1) is 33.9 Å². The minimum atomic E-state index is -0.515. The summed E-state index contributed by atoms with van der Waals surface area (Å²) in [5.41, 5.74) is 13.8. The fraction of sp³-hybridized carbons (Fsp3) is 0.333. The van der Waals surface area contributed by atoms with Gasteiger partial charge in [-0.2, -0.15) is 0 Å². The molecule has 12 nitrogen and oxygen atoms in total. The van der Waals surface area contributed by atoms with Gasteiger partial charge in [0.25, 0.3) is 0 Å². The highest BCUT2D eigenvalue weighted by Gasteiger charge is 2.13. The molecule has 0 atom stereocenters. The van der Waals surface area contributed by atoms with E-state index < -0.39 is 11.9 Å². The summed E-state index contributed by atoms with van der Waals surface area (Å²) in [5, 5.41) is 17.3. The first-order valence-corrected chi connectivity index (χ1v) is 41.8. The van der Waals surface area contributed by atoms with Crippen molar-refractivity contribution in [1.29, 1.82) is 0 Å². The van der Waals surface area contributed by atoms with Gasteiger partial charge in [0, 0.05) is 37.0 Å². The quantitative estimate of drug-likeness (QED) is 0.0125. The Morgan fingerprint density at radius 1 is 0.281 bits per heavy atom. The van der Waals surface area contributed by atoms with Crippen LogP contribution in [-0.2, 0) is 25.7 Å². The Bertz CT molecular complexity index is 4180. The number of phenols is 2. The standard InChI is InChI=1S/C50H56N2O4.C46H58N2O2.C6H6O2/c1-3-5-7-9-11-13-16-39-24-32-45(33-25-39)51-37-41-20-28-43(29-21-41)49(53)55-47-18-15-19-48(36-47)56-50(54)44-30-22-42(23-31-44)38-52-46-34-26-40(27-35-46)17-14-12-10-8-6-4-2;1-3-5-7-9-11-13-17-39-19-27-43(28-20-39)47-37-41-23-31-45(32-24-41)49-35-15-16-36-50-46-33-25-42(26-34-46)38-48-44-29-21-40(22-30-44)18-14-12-10-8-6-4-2;7-5-2-1-3-6(8)4-5/h15,18-38H,3-14,16-17H2,1-2H3;15-16,19-34,37-38H,3-14,17-18,35-36H2,1-2H3;1-4,7-8H/b;16-15-,47-37?,48-38?;. The molecule has 596 valence electrons. The second kappa shape index (κ2) is 53.7. The first-order chi connectivity index (χ1) is 56.0. The molecule has 12 heteroatoms. The molecule has 10 aromatic rings. The number of nitrogens with zero attached hydrogens (tertiary/aromatic N) is 4. The van der Waals surface area contributed by atoms with Crippen LogP contribution in [-0.4, -0.2) is 60.2 Å². The number of benzene rings is 10. The molecular weight excluding hydrogens is 1410 g/mol. The zero-order chi connectivity index (χ0) is 80.1. The largest absolute Gasteiger partial charge is 0.508 e. The van der Waals surface area contributed by atoms with Crippen molar-refractivity contribution in [1.82, 2.24) is 0 Å². The van der Waals surface area contributed by atoms with Crippen molar-refractivity contribution < 1.29 is 38.7 Å². The van der Waals surface area contributed by atoms with Crippen LogP contribution in [0.3, 0.4) is 0 Å². The van der Waals surface area contributed by atoms with Crippen molar-refractivity contribution in [2.45, 2.75) is 207 Å². The molecule has 0 amide bonds. The van der Waals surface area contributed by atoms with Crippen molar-refractivity contribution in [3.63, 3.8) is 0 Å². The molecule has 10 rings (SSSR count). The first kappa shape index (κ1) is 88.3. The summed E-state index contributed by atoms with van der Waals surface area (Å²) in [7, 11) is 0. The Morgan fingerprint density at radius 3 is 0.798 bits per heavy atom. The van der Waals surface area contributed by atoms with Gasteiger partial charge in [-0.1, -0.05) is 241 Å². The molecule has 0 aliphatic carbocycles. The second-order valence-electron chi connectivity index (χ2n) is 29.0. The first-order valence-electron chi connectivity index (χ1n) is 41.8. The normalized spacial score (nSPS) is 11.3. The summed E-state index contributed by atoms with van der Waals surface area (Å²) in [4.78, 5) is 44.3. The topological polar surface area (TPSA) is 161 Å². The van der Waals surface area contributed by atoms with Gasteiger partial charge in [-0.3, -0.25) is 20.0 Å². The fourth-order valence-electron chi connectivity index (χ4n) is 12.6. The average molecular weight is 1530 g/mol. The lowest BCUT2D eigenvalue weighted by atomic mass is 10.0. The van der Waals surface area contributed by atoms with Gasteiger partial charge in [-0.25, -0.2) is 9.59 Å². The minimum absolute atomic E-state index is 0.0880. The number of phenolic OH excluding ortho intramolecular Hbond substituents is 2. The number of hydrogen-bond acceptors (Lipinski definition) is 12. The Hall–Kier alpha value is -11.2. The molecule has 0 aromatic heterocycles. The van der Waals surface area contributed by atoms with Gasteiger partial charge in [-0.15, -0.1) is 0 Å². The van der Waals surface area contributed by atoms with E-state index >= 15 is 0 Å². The van der Waals surface area contributed by atoms with Gasteiger partial charge in [0.2, 0.25) is 0 Å². The summed E-state index contributed by atoms with van der Waals surface area (Å²) < 4.78 is 22.9. The lowest BCUT2D eigenvalue weighted by molar-refractivity contribution is 0.0732. The van der Waals surface area contributed by atoms with Gasteiger partial charge in [-0.05, 0) is 254 Å². The monoisotopic (exact) mass is 1530 g/mol. The van der Waals surface area contributed by atoms with E-state index in [2.05, 4.69) is 120 Å². The highest BCUT2D eigenvalue weighted by atomic mass is 16.5. The van der Waals surface area contributed by atoms with Crippen molar-refractivity contribution >= 4 is 59.5 Å². The van der Waals surface area contributed by atoms with E-state index in [1.165, 1.54) is 201 Å². The number of ether oxygens (including phenoxy) is 4. The van der Waals surface area contributed by atoms with Crippen LogP contribution in [0.5, 0.6) is 34.5 Å². The van der Waals surface area contributed by atoms with Crippen LogP contribution in [0.4, 0.5) is 22.7 Å². The molecule has 0 saturated heterocycles. The minimum Gasteiger partial charge on any atom is -0.508 e. The third-order valence-corrected chi connectivity index (χ3v) is 19.4. The van der Waals surface area contributed by atoms with Crippen LogP contribution in [0.2, 0.25) is 0 Å². The molecule has 0 heterocycles. The second-order valence-corrected chi connectivity index (χ2v) is 29.0. The van der Waals surface area contributed by atoms with Crippen molar-refractivity contribution in [2.24, 2.45) is 20.0 Å². The number of carbonyl (C=O) groups is 2. The predicted octanol–water partition coefficient (Wildman–Crippen LogP) is 27.5. The van der Waals surface area contributed by atoms with Crippen molar-refractivity contribution in [3.8, 4) is 34.5 Å². The number of aromatic hydroxyl groups is 2. The van der Waals surface area contributed by atoms with Crippen molar-refractivity contribution in [2.75, 3.05) is 13.2 Å². The molecule has 0 unspecified atom stereocenters. The molecule has 0 aliphatic heterocycles. The Kier molecular flexibility index (Phi) is 41.6. The van der Waals surface area contributed by atoms with Gasteiger partial charge in [0.15, 0.2) is 0 Å². The number of rotatable bonds is 46. The van der Waals surface area contributed by atoms with Crippen molar-refractivity contribution in [3.05, 3.63) is 310 Å². The van der Waals surface area contributed by atoms with E-state index in [1.54, 1.807) is 61.0 Å². The summed E-state index contributed by atoms with van der Waals surface area (Å²) in [6.07, 6.45) is 47.4. The number of aryl methyl sites for hydroxylation is 4. The van der Waals surface area contributed by atoms with Gasteiger partial charge in [0.1, 0.15) is 47.7 Å². The Labute approximate surface area is 680 Å². The number of carbonyl (C=O) groups excluding carboxylic acids is 2. The average Bonchev–Trinajstić information content (AvgIpc) is 0.849. The molecule has 0 radical (unpaired) electrons. The predicted molar refractivity (Wildman–Crippen MR) is 475 cm³/mol. The smallest absolute Gasteiger partial charge is 0.343 e. The van der Waals surface area contributed by atoms with E-state index in [4.69, 9.17) is 29.2 Å². The van der Waals surface area contributed by atoms with Crippen LogP contribution in [0.25, 0.3) is 0 Å². The zero-order valence-corrected chi connectivity index (χ0v) is 67.9. The van der Waals surface area contributed by atoms with E-state index in [0.29, 0.717) is 24.3 Å². The van der Waals surface area contributed by atoms with Crippen LogP contribution in [0.1, 0.15) is 247 Å². The molecule has 0 spiro atoms. The summed E-state index contributed by atoms with van der Waals surface area (Å²) in [6, 6.07) is 76.6.